The first-order valence-corrected chi connectivity index (χ1v) is 23.2. The van der Waals surface area contributed by atoms with Gasteiger partial charge < -0.3 is 9.13 Å². The molecule has 0 fully saturated rings. The second kappa shape index (κ2) is 15.2. The molecule has 68 heavy (non-hydrogen) atoms. The van der Waals surface area contributed by atoms with E-state index in [9.17, 15) is 0 Å². The predicted molar refractivity (Wildman–Crippen MR) is 285 cm³/mol. The van der Waals surface area contributed by atoms with Gasteiger partial charge in [-0.15, -0.1) is 0 Å². The average Bonchev–Trinajstić information content (AvgIpc) is 3.92. The van der Waals surface area contributed by atoms with Gasteiger partial charge in [0.2, 0.25) is 0 Å². The van der Waals surface area contributed by atoms with Gasteiger partial charge in [0, 0.05) is 43.4 Å². The van der Waals surface area contributed by atoms with Gasteiger partial charge in [-0.3, -0.25) is 0 Å². The van der Waals surface area contributed by atoms with Gasteiger partial charge in [0.25, 0.3) is 0 Å². The van der Waals surface area contributed by atoms with Crippen molar-refractivity contribution in [3.05, 3.63) is 243 Å². The zero-order chi connectivity index (χ0) is 44.7. The molecule has 0 aliphatic heterocycles. The number of para-hydroxylation sites is 3. The van der Waals surface area contributed by atoms with Crippen molar-refractivity contribution in [2.45, 2.75) is 0 Å². The van der Waals surface area contributed by atoms with Crippen LogP contribution in [-0.4, -0.2) is 19.1 Å². The van der Waals surface area contributed by atoms with Crippen LogP contribution in [0.3, 0.4) is 0 Å². The summed E-state index contributed by atoms with van der Waals surface area (Å²) in [6, 6.07) is 87.6. The molecule has 4 heteroatoms. The van der Waals surface area contributed by atoms with Crippen LogP contribution in [0.4, 0.5) is 0 Å². The fraction of sp³-hybridized carbons (Fsp3) is 0. The second-order valence-corrected chi connectivity index (χ2v) is 17.7. The van der Waals surface area contributed by atoms with Gasteiger partial charge in [-0.05, 0) is 105 Å². The second-order valence-electron chi connectivity index (χ2n) is 17.7. The van der Waals surface area contributed by atoms with Gasteiger partial charge >= 0.3 is 0 Å². The average molecular weight is 865 g/mol. The summed E-state index contributed by atoms with van der Waals surface area (Å²) in [4.78, 5) is 10.8. The highest BCUT2D eigenvalue weighted by molar-refractivity contribution is 6.20. The van der Waals surface area contributed by atoms with E-state index >= 15 is 0 Å². The molecular formula is C64H40N4. The molecule has 3 aromatic heterocycles. The van der Waals surface area contributed by atoms with E-state index in [0.29, 0.717) is 5.82 Å². The summed E-state index contributed by atoms with van der Waals surface area (Å²) in [5.74, 6) is 0.689. The Kier molecular flexibility index (Phi) is 8.55. The van der Waals surface area contributed by atoms with E-state index in [1.165, 1.54) is 43.4 Å². The van der Waals surface area contributed by atoms with E-state index in [1.54, 1.807) is 0 Å². The molecule has 0 bridgehead atoms. The number of fused-ring (bicyclic) bond motifs is 9. The largest absolute Gasteiger partial charge is 0.309 e. The third-order valence-electron chi connectivity index (χ3n) is 13.9. The smallest absolute Gasteiger partial charge is 0.160 e. The van der Waals surface area contributed by atoms with Crippen molar-refractivity contribution in [2.75, 3.05) is 0 Å². The van der Waals surface area contributed by atoms with Crippen LogP contribution in [0.2, 0.25) is 0 Å². The molecule has 0 saturated carbocycles. The van der Waals surface area contributed by atoms with E-state index in [4.69, 9.17) is 9.97 Å². The molecule has 0 aliphatic rings. The lowest BCUT2D eigenvalue weighted by Gasteiger charge is -2.17. The molecule has 0 unspecified atom stereocenters. The minimum absolute atomic E-state index is 0.689. The lowest BCUT2D eigenvalue weighted by molar-refractivity contribution is 1.18. The molecule has 316 valence electrons. The van der Waals surface area contributed by atoms with Crippen LogP contribution in [-0.2, 0) is 0 Å². The van der Waals surface area contributed by atoms with E-state index < -0.39 is 0 Å². The lowest BCUT2D eigenvalue weighted by Crippen LogP contribution is -1.99. The van der Waals surface area contributed by atoms with E-state index in [2.05, 4.69) is 252 Å². The number of rotatable bonds is 6. The van der Waals surface area contributed by atoms with E-state index in [0.717, 1.165) is 83.2 Å². The van der Waals surface area contributed by atoms with Gasteiger partial charge in [-0.2, -0.15) is 0 Å². The molecule has 0 aliphatic carbocycles. The van der Waals surface area contributed by atoms with E-state index in [-0.39, 0.29) is 0 Å². The van der Waals surface area contributed by atoms with Crippen LogP contribution in [0.25, 0.3) is 132 Å². The summed E-state index contributed by atoms with van der Waals surface area (Å²) in [7, 11) is 0. The lowest BCUT2D eigenvalue weighted by atomic mass is 9.95. The van der Waals surface area contributed by atoms with Crippen LogP contribution >= 0.6 is 0 Å². The summed E-state index contributed by atoms with van der Waals surface area (Å²) >= 11 is 0. The monoisotopic (exact) mass is 864 g/mol. The molecule has 11 aromatic carbocycles. The van der Waals surface area contributed by atoms with Crippen LogP contribution in [0.1, 0.15) is 0 Å². The van der Waals surface area contributed by atoms with Crippen molar-refractivity contribution in [1.82, 2.24) is 19.1 Å². The Morgan fingerprint density at radius 2 is 0.809 bits per heavy atom. The summed E-state index contributed by atoms with van der Waals surface area (Å²) in [5, 5.41) is 10.6. The number of hydrogen-bond acceptors (Lipinski definition) is 2. The first-order chi connectivity index (χ1) is 33.7. The summed E-state index contributed by atoms with van der Waals surface area (Å²) in [6.07, 6.45) is 0. The molecule has 0 atom stereocenters. The van der Waals surface area contributed by atoms with Crippen LogP contribution in [0.5, 0.6) is 0 Å². The fourth-order valence-corrected chi connectivity index (χ4v) is 10.8. The maximum Gasteiger partial charge on any atom is 0.160 e. The van der Waals surface area contributed by atoms with Crippen molar-refractivity contribution in [2.24, 2.45) is 0 Å². The first-order valence-electron chi connectivity index (χ1n) is 23.2. The van der Waals surface area contributed by atoms with Gasteiger partial charge in [-0.25, -0.2) is 9.97 Å². The zero-order valence-electron chi connectivity index (χ0n) is 36.9. The topological polar surface area (TPSA) is 35.6 Å². The quantitative estimate of drug-likeness (QED) is 0.167. The SMILES string of the molecule is c1ccc(-c2cc(-c3ccccc3)cc(-c3nc(-c4ccc(-n5c6cc7ccccc7cc6c6c(-n7c8ccccc8c8ccccc87)cccc65)c5ccccc45)c4ccccc4n3)c2)cc1. The Morgan fingerprint density at radius 1 is 0.279 bits per heavy atom. The Hall–Kier alpha value is -9.12. The summed E-state index contributed by atoms with van der Waals surface area (Å²) in [6.45, 7) is 0. The molecule has 4 nitrogen and oxygen atoms in total. The Labute approximate surface area is 392 Å². The van der Waals surface area contributed by atoms with Crippen LogP contribution in [0, 0.1) is 0 Å². The van der Waals surface area contributed by atoms with Crippen molar-refractivity contribution in [1.29, 1.82) is 0 Å². The third kappa shape index (κ3) is 5.94. The third-order valence-corrected chi connectivity index (χ3v) is 13.9. The van der Waals surface area contributed by atoms with Crippen LogP contribution in [0.15, 0.2) is 243 Å². The summed E-state index contributed by atoms with van der Waals surface area (Å²) in [5.41, 5.74) is 15.3. The highest BCUT2D eigenvalue weighted by Crippen LogP contribution is 2.44. The maximum atomic E-state index is 5.56. The molecule has 0 amide bonds. The molecule has 0 spiro atoms. The maximum absolute atomic E-state index is 5.56. The van der Waals surface area contributed by atoms with Gasteiger partial charge in [0.15, 0.2) is 5.82 Å². The Bertz CT molecular complexity index is 4200. The number of nitrogens with zero attached hydrogens (tertiary/aromatic N) is 4. The molecule has 0 N–H and O–H groups in total. The van der Waals surface area contributed by atoms with Crippen LogP contribution < -0.4 is 0 Å². The van der Waals surface area contributed by atoms with Crippen molar-refractivity contribution in [3.8, 4) is 56.3 Å². The molecule has 0 radical (unpaired) electrons. The minimum atomic E-state index is 0.689. The fourth-order valence-electron chi connectivity index (χ4n) is 10.8. The number of aromatic nitrogens is 4. The Balaban J connectivity index is 1.02. The van der Waals surface area contributed by atoms with Gasteiger partial charge in [0.1, 0.15) is 0 Å². The summed E-state index contributed by atoms with van der Waals surface area (Å²) < 4.78 is 4.95. The Morgan fingerprint density at radius 3 is 1.50 bits per heavy atom. The molecule has 0 saturated heterocycles. The molecular weight excluding hydrogens is 825 g/mol. The van der Waals surface area contributed by atoms with Gasteiger partial charge in [0.05, 0.1) is 44.7 Å². The van der Waals surface area contributed by atoms with Gasteiger partial charge in [-0.1, -0.05) is 176 Å². The number of hydrogen-bond donors (Lipinski definition) is 0. The number of benzene rings is 11. The normalized spacial score (nSPS) is 11.8. The molecule has 14 rings (SSSR count). The molecule has 14 aromatic rings. The van der Waals surface area contributed by atoms with Crippen molar-refractivity contribution in [3.63, 3.8) is 0 Å². The first kappa shape index (κ1) is 38.2. The molecule has 3 heterocycles. The van der Waals surface area contributed by atoms with Crippen molar-refractivity contribution < 1.29 is 0 Å². The van der Waals surface area contributed by atoms with Crippen molar-refractivity contribution >= 4 is 76.1 Å². The highest BCUT2D eigenvalue weighted by Gasteiger charge is 2.23. The van der Waals surface area contributed by atoms with E-state index in [1.807, 2.05) is 0 Å². The standard InChI is InChI=1S/C64H40N4/c1-3-18-41(19-4-1)45-36-46(42-20-5-2-6-21-42)38-47(37-45)64-65-55-29-14-11-28-53(55)63(66-64)52-34-35-58(49-25-10-9-24-48(49)52)68-60-33-17-32-59(62(60)54-39-43-22-7-8-23-44(43)40-61(54)68)67-56-30-15-12-26-50(56)51-27-13-16-31-57(51)67/h1-40H. The minimum Gasteiger partial charge on any atom is -0.309 e. The highest BCUT2D eigenvalue weighted by atomic mass is 15.0. The predicted octanol–water partition coefficient (Wildman–Crippen LogP) is 16.8. The zero-order valence-corrected chi connectivity index (χ0v) is 36.9.